The molecule has 3 aromatic heterocycles. The molecule has 0 saturated heterocycles. The van der Waals surface area contributed by atoms with Crippen LogP contribution in [0.1, 0.15) is 0 Å². The highest BCUT2D eigenvalue weighted by Crippen LogP contribution is 2.21. The average Bonchev–Trinajstić information content (AvgIpc) is 2.93. The van der Waals surface area contributed by atoms with Gasteiger partial charge in [-0.15, -0.1) is 0 Å². The van der Waals surface area contributed by atoms with E-state index >= 15 is 0 Å². The van der Waals surface area contributed by atoms with E-state index < -0.39 is 5.69 Å². The second kappa shape index (κ2) is 3.95. The number of hydrogen-bond donors (Lipinski definition) is 2. The van der Waals surface area contributed by atoms with Gasteiger partial charge < -0.3 is 9.97 Å². The maximum absolute atomic E-state index is 11.6. The minimum atomic E-state index is -0.426. The number of benzene rings is 1. The quantitative estimate of drug-likeness (QED) is 0.539. The summed E-state index contributed by atoms with van der Waals surface area (Å²) in [6, 6.07) is 7.40. The zero-order valence-corrected chi connectivity index (χ0v) is 10.2. The molecule has 0 bridgehead atoms. The third-order valence-corrected chi connectivity index (χ3v) is 3.02. The Balaban J connectivity index is 2.08. The largest absolute Gasteiger partial charge is 0.346 e. The number of imidazole rings is 1. The standard InChI is InChI=1S/C13H8N6O/c20-13-17-8-4-2-1-3-7(8)10(18-13)12-14-5-9-11(19-12)16-6-15-9/h1-6H,(H,17,18,20)(H,14,15,16,19). The van der Waals surface area contributed by atoms with E-state index in [1.54, 1.807) is 12.5 Å². The predicted octanol–water partition coefficient (Wildman–Crippen LogP) is 1.26. The first-order valence-corrected chi connectivity index (χ1v) is 5.97. The van der Waals surface area contributed by atoms with Crippen LogP contribution in [0, 0.1) is 0 Å². The Morgan fingerprint density at radius 1 is 1.00 bits per heavy atom. The highest BCUT2D eigenvalue weighted by Gasteiger charge is 2.11. The first-order valence-electron chi connectivity index (χ1n) is 5.97. The van der Waals surface area contributed by atoms with Gasteiger partial charge >= 0.3 is 5.69 Å². The van der Waals surface area contributed by atoms with E-state index in [0.717, 1.165) is 10.9 Å². The van der Waals surface area contributed by atoms with Crippen LogP contribution in [0.4, 0.5) is 0 Å². The van der Waals surface area contributed by atoms with E-state index in [2.05, 4.69) is 29.9 Å². The van der Waals surface area contributed by atoms with Crippen molar-refractivity contribution < 1.29 is 0 Å². The van der Waals surface area contributed by atoms with Gasteiger partial charge in [0.05, 0.1) is 18.0 Å². The normalized spacial score (nSPS) is 11.2. The van der Waals surface area contributed by atoms with Gasteiger partial charge in [-0.05, 0) is 6.07 Å². The second-order valence-electron chi connectivity index (χ2n) is 4.27. The molecule has 20 heavy (non-hydrogen) atoms. The van der Waals surface area contributed by atoms with E-state index in [-0.39, 0.29) is 0 Å². The molecule has 1 aromatic carbocycles. The lowest BCUT2D eigenvalue weighted by Gasteiger charge is -2.03. The van der Waals surface area contributed by atoms with E-state index in [1.807, 2.05) is 24.3 Å². The van der Waals surface area contributed by atoms with Crippen LogP contribution in [-0.2, 0) is 0 Å². The molecule has 7 heteroatoms. The molecule has 4 aromatic rings. The maximum Gasteiger partial charge on any atom is 0.346 e. The van der Waals surface area contributed by atoms with Gasteiger partial charge in [-0.3, -0.25) is 0 Å². The maximum atomic E-state index is 11.6. The lowest BCUT2D eigenvalue weighted by Crippen LogP contribution is -2.12. The Morgan fingerprint density at radius 3 is 2.85 bits per heavy atom. The monoisotopic (exact) mass is 264 g/mol. The minimum absolute atomic E-state index is 0.381. The second-order valence-corrected chi connectivity index (χ2v) is 4.27. The van der Waals surface area contributed by atoms with Gasteiger partial charge in [0.1, 0.15) is 11.2 Å². The summed E-state index contributed by atoms with van der Waals surface area (Å²) in [4.78, 5) is 33.9. The zero-order valence-electron chi connectivity index (χ0n) is 10.2. The predicted molar refractivity (Wildman–Crippen MR) is 73.0 cm³/mol. The zero-order chi connectivity index (χ0) is 13.5. The molecule has 0 atom stereocenters. The summed E-state index contributed by atoms with van der Waals surface area (Å²) in [7, 11) is 0. The van der Waals surface area contributed by atoms with Crippen molar-refractivity contribution in [3.8, 4) is 11.5 Å². The Kier molecular flexibility index (Phi) is 2.13. The molecule has 0 aliphatic rings. The van der Waals surface area contributed by atoms with Gasteiger partial charge in [0.2, 0.25) is 0 Å². The van der Waals surface area contributed by atoms with Crippen LogP contribution >= 0.6 is 0 Å². The molecule has 0 fully saturated rings. The van der Waals surface area contributed by atoms with Crippen molar-refractivity contribution in [3.63, 3.8) is 0 Å². The third-order valence-electron chi connectivity index (χ3n) is 3.02. The Labute approximate surface area is 111 Å². The van der Waals surface area contributed by atoms with Gasteiger partial charge in [-0.25, -0.2) is 19.7 Å². The number of aromatic amines is 2. The fourth-order valence-corrected chi connectivity index (χ4v) is 2.12. The fourth-order valence-electron chi connectivity index (χ4n) is 2.12. The molecule has 96 valence electrons. The molecule has 0 saturated carbocycles. The van der Waals surface area contributed by atoms with Crippen molar-refractivity contribution in [2.24, 2.45) is 0 Å². The SMILES string of the molecule is O=c1nc(-c2ncc3[nH]cnc3n2)c2ccccc2[nH]1. The number of nitrogens with one attached hydrogen (secondary N) is 2. The van der Waals surface area contributed by atoms with Crippen LogP contribution in [0.5, 0.6) is 0 Å². The highest BCUT2D eigenvalue weighted by molar-refractivity contribution is 5.90. The molecule has 4 rings (SSSR count). The topological polar surface area (TPSA) is 100 Å². The number of H-pyrrole nitrogens is 2. The summed E-state index contributed by atoms with van der Waals surface area (Å²) in [5.41, 5.74) is 2.01. The van der Waals surface area contributed by atoms with Crippen molar-refractivity contribution in [3.05, 3.63) is 47.3 Å². The van der Waals surface area contributed by atoms with Crippen LogP contribution in [0.25, 0.3) is 33.6 Å². The first-order chi connectivity index (χ1) is 9.81. The van der Waals surface area contributed by atoms with Crippen molar-refractivity contribution in [2.45, 2.75) is 0 Å². The fraction of sp³-hybridized carbons (Fsp3) is 0. The Bertz CT molecular complexity index is 987. The van der Waals surface area contributed by atoms with Gasteiger partial charge in [-0.2, -0.15) is 4.98 Å². The summed E-state index contributed by atoms with van der Waals surface area (Å²) in [5, 5.41) is 0.794. The number of para-hydroxylation sites is 1. The summed E-state index contributed by atoms with van der Waals surface area (Å²) >= 11 is 0. The smallest absolute Gasteiger partial charge is 0.342 e. The minimum Gasteiger partial charge on any atom is -0.342 e. The molecule has 0 unspecified atom stereocenters. The van der Waals surface area contributed by atoms with E-state index in [9.17, 15) is 4.79 Å². The molecule has 0 aliphatic heterocycles. The lowest BCUT2D eigenvalue weighted by atomic mass is 10.2. The van der Waals surface area contributed by atoms with Gasteiger partial charge in [0, 0.05) is 5.39 Å². The van der Waals surface area contributed by atoms with Crippen LogP contribution < -0.4 is 5.69 Å². The number of aromatic nitrogens is 6. The van der Waals surface area contributed by atoms with E-state index in [4.69, 9.17) is 0 Å². The first kappa shape index (κ1) is 10.8. The molecule has 0 amide bonds. The summed E-state index contributed by atoms with van der Waals surface area (Å²) in [6.45, 7) is 0. The highest BCUT2D eigenvalue weighted by atomic mass is 16.1. The molecule has 0 radical (unpaired) electrons. The van der Waals surface area contributed by atoms with Crippen molar-refractivity contribution in [1.82, 2.24) is 29.9 Å². The Morgan fingerprint density at radius 2 is 1.90 bits per heavy atom. The van der Waals surface area contributed by atoms with Gasteiger partial charge in [0.25, 0.3) is 0 Å². The van der Waals surface area contributed by atoms with Crippen LogP contribution in [0.3, 0.4) is 0 Å². The summed E-state index contributed by atoms with van der Waals surface area (Å²) in [5.74, 6) is 0.381. The van der Waals surface area contributed by atoms with Gasteiger partial charge in [-0.1, -0.05) is 18.2 Å². The number of fused-ring (bicyclic) bond motifs is 2. The summed E-state index contributed by atoms with van der Waals surface area (Å²) < 4.78 is 0. The Hall–Kier alpha value is -3.09. The third kappa shape index (κ3) is 1.57. The van der Waals surface area contributed by atoms with Crippen molar-refractivity contribution >= 4 is 22.1 Å². The van der Waals surface area contributed by atoms with Crippen molar-refractivity contribution in [1.29, 1.82) is 0 Å². The number of rotatable bonds is 1. The molecule has 2 N–H and O–H groups in total. The van der Waals surface area contributed by atoms with Crippen LogP contribution in [0.2, 0.25) is 0 Å². The molecule has 3 heterocycles. The van der Waals surface area contributed by atoms with Crippen LogP contribution in [-0.4, -0.2) is 29.9 Å². The number of hydrogen-bond acceptors (Lipinski definition) is 5. The van der Waals surface area contributed by atoms with E-state index in [0.29, 0.717) is 22.7 Å². The number of nitrogens with zero attached hydrogens (tertiary/aromatic N) is 4. The van der Waals surface area contributed by atoms with Gasteiger partial charge in [0.15, 0.2) is 11.5 Å². The average molecular weight is 264 g/mol. The molecule has 0 aliphatic carbocycles. The van der Waals surface area contributed by atoms with Crippen LogP contribution in [0.15, 0.2) is 41.6 Å². The molecular weight excluding hydrogens is 256 g/mol. The molecule has 7 nitrogen and oxygen atoms in total. The summed E-state index contributed by atoms with van der Waals surface area (Å²) in [6.07, 6.45) is 3.18. The molecular formula is C13H8N6O. The van der Waals surface area contributed by atoms with Crippen molar-refractivity contribution in [2.75, 3.05) is 0 Å². The molecule has 0 spiro atoms. The lowest BCUT2D eigenvalue weighted by molar-refractivity contribution is 1.09. The van der Waals surface area contributed by atoms with E-state index in [1.165, 1.54) is 0 Å².